The molecule has 1 aromatic rings. The molecule has 2 rings (SSSR count). The predicted octanol–water partition coefficient (Wildman–Crippen LogP) is 1.95. The highest BCUT2D eigenvalue weighted by Crippen LogP contribution is 2.20. The molecule has 14 heavy (non-hydrogen) atoms. The van der Waals surface area contributed by atoms with Crippen molar-refractivity contribution in [1.29, 1.82) is 0 Å². The van der Waals surface area contributed by atoms with Crippen molar-refractivity contribution < 1.29 is 9.53 Å². The van der Waals surface area contributed by atoms with E-state index in [-0.39, 0.29) is 5.97 Å². The zero-order chi connectivity index (χ0) is 9.97. The number of carbonyl (C=O) groups excluding carboxylic acids is 1. The molecule has 0 aliphatic carbocycles. The van der Waals surface area contributed by atoms with Crippen molar-refractivity contribution in [3.05, 3.63) is 34.9 Å². The second-order valence-corrected chi connectivity index (χ2v) is 3.15. The SMILES string of the molecule is O=C1OCc2ccc(C#CCCl)cc21. The minimum absolute atomic E-state index is 0.269. The molecule has 0 fully saturated rings. The fraction of sp³-hybridized carbons (Fsp3) is 0.182. The Morgan fingerprint density at radius 2 is 2.36 bits per heavy atom. The van der Waals surface area contributed by atoms with Gasteiger partial charge in [0.1, 0.15) is 6.61 Å². The average molecular weight is 207 g/mol. The number of rotatable bonds is 0. The van der Waals surface area contributed by atoms with Crippen LogP contribution in [0.3, 0.4) is 0 Å². The molecule has 0 aromatic heterocycles. The molecule has 2 nitrogen and oxygen atoms in total. The van der Waals surface area contributed by atoms with Crippen molar-refractivity contribution >= 4 is 17.6 Å². The molecule has 0 radical (unpaired) electrons. The van der Waals surface area contributed by atoms with Crippen LogP contribution in [0.5, 0.6) is 0 Å². The Balaban J connectivity index is 2.39. The van der Waals surface area contributed by atoms with Crippen molar-refractivity contribution in [3.63, 3.8) is 0 Å². The Labute approximate surface area is 86.8 Å². The van der Waals surface area contributed by atoms with E-state index in [0.29, 0.717) is 18.1 Å². The summed E-state index contributed by atoms with van der Waals surface area (Å²) in [5.74, 6) is 5.61. The van der Waals surface area contributed by atoms with Gasteiger partial charge in [-0.15, -0.1) is 11.6 Å². The number of alkyl halides is 1. The lowest BCUT2D eigenvalue weighted by Crippen LogP contribution is -1.93. The summed E-state index contributed by atoms with van der Waals surface area (Å²) in [6.07, 6.45) is 0. The van der Waals surface area contributed by atoms with Gasteiger partial charge in [-0.05, 0) is 12.1 Å². The van der Waals surface area contributed by atoms with Crippen LogP contribution >= 0.6 is 11.6 Å². The molecule has 0 saturated heterocycles. The summed E-state index contributed by atoms with van der Waals surface area (Å²) < 4.78 is 4.87. The number of ether oxygens (including phenoxy) is 1. The summed E-state index contributed by atoms with van der Waals surface area (Å²) in [5.41, 5.74) is 2.33. The van der Waals surface area contributed by atoms with Crippen LogP contribution in [0.4, 0.5) is 0 Å². The number of cyclic esters (lactones) is 1. The smallest absolute Gasteiger partial charge is 0.338 e. The number of benzene rings is 1. The molecule has 0 unspecified atom stereocenters. The van der Waals surface area contributed by atoms with Gasteiger partial charge in [-0.2, -0.15) is 0 Å². The normalized spacial score (nSPS) is 12.8. The number of fused-ring (bicyclic) bond motifs is 1. The molecule has 1 aromatic carbocycles. The Kier molecular flexibility index (Phi) is 2.43. The molecule has 0 bridgehead atoms. The zero-order valence-corrected chi connectivity index (χ0v) is 8.10. The van der Waals surface area contributed by atoms with Gasteiger partial charge < -0.3 is 4.74 Å². The first-order valence-electron chi connectivity index (χ1n) is 4.16. The minimum Gasteiger partial charge on any atom is -0.457 e. The van der Waals surface area contributed by atoms with Crippen LogP contribution in [-0.4, -0.2) is 11.8 Å². The van der Waals surface area contributed by atoms with Gasteiger partial charge in [0.25, 0.3) is 0 Å². The third-order valence-electron chi connectivity index (χ3n) is 1.99. The minimum atomic E-state index is -0.269. The Hall–Kier alpha value is -1.46. The molecule has 1 aliphatic rings. The van der Waals surface area contributed by atoms with Gasteiger partial charge in [-0.25, -0.2) is 4.79 Å². The maximum Gasteiger partial charge on any atom is 0.338 e. The maximum atomic E-state index is 11.2. The molecular formula is C11H7ClO2. The van der Waals surface area contributed by atoms with Crippen LogP contribution in [-0.2, 0) is 11.3 Å². The molecule has 1 heterocycles. The van der Waals surface area contributed by atoms with E-state index in [1.165, 1.54) is 0 Å². The highest BCUT2D eigenvalue weighted by atomic mass is 35.5. The summed E-state index contributed by atoms with van der Waals surface area (Å²) in [4.78, 5) is 11.2. The highest BCUT2D eigenvalue weighted by Gasteiger charge is 2.20. The van der Waals surface area contributed by atoms with E-state index in [1.807, 2.05) is 12.1 Å². The van der Waals surface area contributed by atoms with Crippen LogP contribution in [0.25, 0.3) is 0 Å². The van der Waals surface area contributed by atoms with Gasteiger partial charge in [0.15, 0.2) is 0 Å². The predicted molar refractivity (Wildman–Crippen MR) is 53.2 cm³/mol. The molecule has 0 spiro atoms. The second-order valence-electron chi connectivity index (χ2n) is 2.88. The van der Waals surface area contributed by atoms with E-state index in [4.69, 9.17) is 16.3 Å². The monoisotopic (exact) mass is 206 g/mol. The Morgan fingerprint density at radius 1 is 1.50 bits per heavy atom. The molecule has 0 N–H and O–H groups in total. The van der Waals surface area contributed by atoms with Crippen LogP contribution < -0.4 is 0 Å². The summed E-state index contributed by atoms with van der Waals surface area (Å²) in [5, 5.41) is 0. The fourth-order valence-electron chi connectivity index (χ4n) is 1.33. The third-order valence-corrected chi connectivity index (χ3v) is 2.12. The van der Waals surface area contributed by atoms with E-state index < -0.39 is 0 Å². The molecule has 0 amide bonds. The van der Waals surface area contributed by atoms with E-state index in [1.54, 1.807) is 6.07 Å². The van der Waals surface area contributed by atoms with Gasteiger partial charge in [0.05, 0.1) is 11.4 Å². The first-order chi connectivity index (χ1) is 6.81. The van der Waals surface area contributed by atoms with Gasteiger partial charge in [0, 0.05) is 11.1 Å². The number of halogens is 1. The summed E-state index contributed by atoms with van der Waals surface area (Å²) in [6.45, 7) is 0.372. The summed E-state index contributed by atoms with van der Waals surface area (Å²) in [7, 11) is 0. The zero-order valence-electron chi connectivity index (χ0n) is 7.34. The lowest BCUT2D eigenvalue weighted by molar-refractivity contribution is 0.0535. The molecular weight excluding hydrogens is 200 g/mol. The van der Waals surface area contributed by atoms with E-state index >= 15 is 0 Å². The highest BCUT2D eigenvalue weighted by molar-refractivity contribution is 6.19. The van der Waals surface area contributed by atoms with Crippen LogP contribution in [0.1, 0.15) is 21.5 Å². The Morgan fingerprint density at radius 3 is 3.14 bits per heavy atom. The summed E-state index contributed by atoms with van der Waals surface area (Å²) >= 11 is 5.43. The number of esters is 1. The van der Waals surface area contributed by atoms with Crippen molar-refractivity contribution in [1.82, 2.24) is 0 Å². The van der Waals surface area contributed by atoms with Crippen molar-refractivity contribution in [2.24, 2.45) is 0 Å². The van der Waals surface area contributed by atoms with Crippen molar-refractivity contribution in [2.45, 2.75) is 6.61 Å². The molecule has 1 aliphatic heterocycles. The summed E-state index contributed by atoms with van der Waals surface area (Å²) in [6, 6.07) is 5.46. The quantitative estimate of drug-likeness (QED) is 0.369. The van der Waals surface area contributed by atoms with Crippen LogP contribution in [0, 0.1) is 11.8 Å². The van der Waals surface area contributed by atoms with Crippen molar-refractivity contribution in [2.75, 3.05) is 5.88 Å². The van der Waals surface area contributed by atoms with E-state index in [2.05, 4.69) is 11.8 Å². The van der Waals surface area contributed by atoms with Gasteiger partial charge in [0.2, 0.25) is 0 Å². The van der Waals surface area contributed by atoms with Crippen molar-refractivity contribution in [3.8, 4) is 11.8 Å². The first-order valence-corrected chi connectivity index (χ1v) is 4.69. The first kappa shape index (κ1) is 9.11. The third kappa shape index (κ3) is 1.59. The van der Waals surface area contributed by atoms with Gasteiger partial charge in [-0.3, -0.25) is 0 Å². The fourth-order valence-corrected chi connectivity index (χ4v) is 1.39. The van der Waals surface area contributed by atoms with E-state index in [0.717, 1.165) is 11.1 Å². The average Bonchev–Trinajstić information content (AvgIpc) is 2.57. The Bertz CT molecular complexity index is 440. The molecule has 3 heteroatoms. The largest absolute Gasteiger partial charge is 0.457 e. The standard InChI is InChI=1S/C11H7ClO2/c12-5-1-2-8-3-4-9-7-14-11(13)10(9)6-8/h3-4,6H,5,7H2. The van der Waals surface area contributed by atoms with Gasteiger partial charge >= 0.3 is 5.97 Å². The molecule has 70 valence electrons. The van der Waals surface area contributed by atoms with E-state index in [9.17, 15) is 4.79 Å². The number of carbonyl (C=O) groups is 1. The number of hydrogen-bond donors (Lipinski definition) is 0. The lowest BCUT2D eigenvalue weighted by Gasteiger charge is -1.93. The molecule has 0 saturated carbocycles. The lowest BCUT2D eigenvalue weighted by atomic mass is 10.1. The van der Waals surface area contributed by atoms with Crippen LogP contribution in [0.2, 0.25) is 0 Å². The topological polar surface area (TPSA) is 26.3 Å². The second kappa shape index (κ2) is 3.73. The molecule has 0 atom stereocenters. The number of hydrogen-bond acceptors (Lipinski definition) is 2. The van der Waals surface area contributed by atoms with Gasteiger partial charge in [-0.1, -0.05) is 17.9 Å². The maximum absolute atomic E-state index is 11.2. The van der Waals surface area contributed by atoms with Crippen LogP contribution in [0.15, 0.2) is 18.2 Å².